The maximum Gasteiger partial charge on any atom is 0.263 e. The van der Waals surface area contributed by atoms with E-state index in [-0.39, 0.29) is 24.9 Å². The summed E-state index contributed by atoms with van der Waals surface area (Å²) in [6, 6.07) is 12.5. The third-order valence-corrected chi connectivity index (χ3v) is 4.83. The molecule has 2 aromatic rings. The molecule has 0 saturated heterocycles. The largest absolute Gasteiger partial charge is 0.477 e. The average molecular weight is 446 g/mol. The number of nitrogens with zero attached hydrogens (tertiary/aromatic N) is 1. The molecule has 1 aliphatic heterocycles. The number of aryl methyl sites for hydroxylation is 1. The molecule has 8 heteroatoms. The van der Waals surface area contributed by atoms with Gasteiger partial charge in [0, 0.05) is 17.1 Å². The van der Waals surface area contributed by atoms with Crippen molar-refractivity contribution in [1.82, 2.24) is 5.32 Å². The molecule has 0 unspecified atom stereocenters. The highest BCUT2D eigenvalue weighted by Crippen LogP contribution is 2.33. The van der Waals surface area contributed by atoms with Gasteiger partial charge in [-0.1, -0.05) is 28.1 Å². The number of nitrogens with one attached hydrogen (secondary N) is 2. The number of amides is 3. The van der Waals surface area contributed by atoms with Gasteiger partial charge in [0.15, 0.2) is 6.10 Å². The number of rotatable bonds is 4. The summed E-state index contributed by atoms with van der Waals surface area (Å²) in [5.41, 5.74) is 2.20. The van der Waals surface area contributed by atoms with E-state index in [2.05, 4.69) is 26.6 Å². The molecule has 1 aliphatic rings. The van der Waals surface area contributed by atoms with Crippen LogP contribution >= 0.6 is 15.9 Å². The van der Waals surface area contributed by atoms with Gasteiger partial charge in [0.2, 0.25) is 11.8 Å². The molecule has 2 aromatic carbocycles. The number of hydrogen-bond donors (Lipinski definition) is 2. The van der Waals surface area contributed by atoms with Crippen molar-refractivity contribution in [2.24, 2.45) is 0 Å². The fraction of sp³-hybridized carbons (Fsp3) is 0.250. The Labute approximate surface area is 171 Å². The molecule has 3 amide bonds. The van der Waals surface area contributed by atoms with Crippen molar-refractivity contribution in [2.45, 2.75) is 20.0 Å². The standard InChI is InChI=1S/C20H20BrN3O4/c1-12-9-14(21)7-8-15(12)23-19(26)10-22-20(27)18-11-24(13(2)25)16-5-3-4-6-17(16)28-18/h3-9,18H,10-11H2,1-2H3,(H,22,27)(H,23,26)/t18-/m1/s1. The number of benzene rings is 2. The van der Waals surface area contributed by atoms with Crippen LogP contribution in [0.4, 0.5) is 11.4 Å². The minimum absolute atomic E-state index is 0.0889. The Morgan fingerprint density at radius 3 is 2.68 bits per heavy atom. The van der Waals surface area contributed by atoms with E-state index in [1.807, 2.05) is 19.1 Å². The second-order valence-corrected chi connectivity index (χ2v) is 7.34. The van der Waals surface area contributed by atoms with Crippen LogP contribution in [0.2, 0.25) is 0 Å². The number of fused-ring (bicyclic) bond motifs is 1. The zero-order valence-electron chi connectivity index (χ0n) is 15.5. The number of ether oxygens (including phenoxy) is 1. The first-order chi connectivity index (χ1) is 13.3. The van der Waals surface area contributed by atoms with Crippen LogP contribution in [-0.2, 0) is 14.4 Å². The van der Waals surface area contributed by atoms with Gasteiger partial charge >= 0.3 is 0 Å². The monoisotopic (exact) mass is 445 g/mol. The van der Waals surface area contributed by atoms with E-state index >= 15 is 0 Å². The van der Waals surface area contributed by atoms with E-state index in [1.165, 1.54) is 11.8 Å². The molecule has 0 spiro atoms. The highest BCUT2D eigenvalue weighted by molar-refractivity contribution is 9.10. The van der Waals surface area contributed by atoms with Crippen LogP contribution < -0.4 is 20.3 Å². The molecule has 1 atom stereocenters. The summed E-state index contributed by atoms with van der Waals surface area (Å²) in [5, 5.41) is 5.33. The molecule has 1 heterocycles. The molecular weight excluding hydrogens is 426 g/mol. The van der Waals surface area contributed by atoms with Gasteiger partial charge < -0.3 is 20.3 Å². The van der Waals surface area contributed by atoms with Crippen molar-refractivity contribution in [3.05, 3.63) is 52.5 Å². The summed E-state index contributed by atoms with van der Waals surface area (Å²) in [6.45, 7) is 3.20. The molecule has 3 rings (SSSR count). The summed E-state index contributed by atoms with van der Waals surface area (Å²) < 4.78 is 6.63. The van der Waals surface area contributed by atoms with Gasteiger partial charge in [-0.3, -0.25) is 14.4 Å². The predicted molar refractivity (Wildman–Crippen MR) is 109 cm³/mol. The Kier molecular flexibility index (Phi) is 5.99. The van der Waals surface area contributed by atoms with Gasteiger partial charge in [-0.15, -0.1) is 0 Å². The van der Waals surface area contributed by atoms with Crippen LogP contribution in [0.5, 0.6) is 5.75 Å². The van der Waals surface area contributed by atoms with Crippen LogP contribution in [0.1, 0.15) is 12.5 Å². The van der Waals surface area contributed by atoms with E-state index in [9.17, 15) is 14.4 Å². The number of carbonyl (C=O) groups excluding carboxylic acids is 3. The van der Waals surface area contributed by atoms with Gasteiger partial charge in [0.25, 0.3) is 5.91 Å². The summed E-state index contributed by atoms with van der Waals surface area (Å²) in [6.07, 6.45) is -0.888. The summed E-state index contributed by atoms with van der Waals surface area (Å²) >= 11 is 3.37. The first kappa shape index (κ1) is 19.9. The SMILES string of the molecule is CC(=O)N1C[C@H](C(=O)NCC(=O)Nc2ccc(Br)cc2C)Oc2ccccc21. The number of hydrogen-bond acceptors (Lipinski definition) is 4. The van der Waals surface area contributed by atoms with Crippen molar-refractivity contribution in [2.75, 3.05) is 23.3 Å². The fourth-order valence-electron chi connectivity index (χ4n) is 2.91. The van der Waals surface area contributed by atoms with Gasteiger partial charge in [-0.25, -0.2) is 0 Å². The van der Waals surface area contributed by atoms with Crippen molar-refractivity contribution in [3.63, 3.8) is 0 Å². The Balaban J connectivity index is 1.60. The fourth-order valence-corrected chi connectivity index (χ4v) is 3.39. The Bertz CT molecular complexity index is 931. The Morgan fingerprint density at radius 2 is 1.96 bits per heavy atom. The van der Waals surface area contributed by atoms with Crippen LogP contribution in [0.25, 0.3) is 0 Å². The molecule has 0 aliphatic carbocycles. The number of carbonyl (C=O) groups is 3. The molecule has 7 nitrogen and oxygen atoms in total. The second-order valence-electron chi connectivity index (χ2n) is 6.43. The molecule has 0 aromatic heterocycles. The van der Waals surface area contributed by atoms with Crippen molar-refractivity contribution < 1.29 is 19.1 Å². The zero-order chi connectivity index (χ0) is 20.3. The molecule has 146 valence electrons. The van der Waals surface area contributed by atoms with E-state index in [0.717, 1.165) is 10.0 Å². The van der Waals surface area contributed by atoms with Crippen LogP contribution in [-0.4, -0.2) is 36.9 Å². The normalized spacial score (nSPS) is 15.2. The number of anilines is 2. The zero-order valence-corrected chi connectivity index (χ0v) is 17.1. The molecule has 0 saturated carbocycles. The first-order valence-electron chi connectivity index (χ1n) is 8.72. The molecule has 2 N–H and O–H groups in total. The van der Waals surface area contributed by atoms with E-state index in [1.54, 1.807) is 30.3 Å². The van der Waals surface area contributed by atoms with E-state index < -0.39 is 12.0 Å². The smallest absolute Gasteiger partial charge is 0.263 e. The summed E-state index contributed by atoms with van der Waals surface area (Å²) in [4.78, 5) is 38.1. The topological polar surface area (TPSA) is 87.7 Å². The highest BCUT2D eigenvalue weighted by Gasteiger charge is 2.32. The molecule has 0 radical (unpaired) electrons. The minimum Gasteiger partial charge on any atom is -0.477 e. The second kappa shape index (κ2) is 8.43. The Hall–Kier alpha value is -2.87. The number of para-hydroxylation sites is 2. The number of halogens is 1. The lowest BCUT2D eigenvalue weighted by atomic mass is 10.1. The van der Waals surface area contributed by atoms with Gasteiger partial charge in [0.05, 0.1) is 18.8 Å². The highest BCUT2D eigenvalue weighted by atomic mass is 79.9. The first-order valence-corrected chi connectivity index (χ1v) is 9.52. The predicted octanol–water partition coefficient (Wildman–Crippen LogP) is 2.63. The third kappa shape index (κ3) is 4.51. The average Bonchev–Trinajstić information content (AvgIpc) is 2.67. The maximum absolute atomic E-state index is 12.5. The van der Waals surface area contributed by atoms with Gasteiger partial charge in [0.1, 0.15) is 5.75 Å². The van der Waals surface area contributed by atoms with E-state index in [4.69, 9.17) is 4.74 Å². The maximum atomic E-state index is 12.5. The lowest BCUT2D eigenvalue weighted by Gasteiger charge is -2.33. The van der Waals surface area contributed by atoms with Gasteiger partial charge in [-0.2, -0.15) is 0 Å². The van der Waals surface area contributed by atoms with Crippen molar-refractivity contribution in [3.8, 4) is 5.75 Å². The Morgan fingerprint density at radius 1 is 1.21 bits per heavy atom. The third-order valence-electron chi connectivity index (χ3n) is 4.33. The lowest BCUT2D eigenvalue weighted by molar-refractivity contribution is -0.130. The summed E-state index contributed by atoms with van der Waals surface area (Å²) in [5.74, 6) is -0.530. The quantitative estimate of drug-likeness (QED) is 0.756. The van der Waals surface area contributed by atoms with Gasteiger partial charge in [-0.05, 0) is 42.8 Å². The van der Waals surface area contributed by atoms with E-state index in [0.29, 0.717) is 17.1 Å². The molecule has 0 bridgehead atoms. The van der Waals surface area contributed by atoms with Crippen LogP contribution in [0.3, 0.4) is 0 Å². The lowest BCUT2D eigenvalue weighted by Crippen LogP contribution is -2.51. The summed E-state index contributed by atoms with van der Waals surface area (Å²) in [7, 11) is 0. The van der Waals surface area contributed by atoms with Crippen molar-refractivity contribution in [1.29, 1.82) is 0 Å². The molecular formula is C20H20BrN3O4. The molecule has 0 fully saturated rings. The van der Waals surface area contributed by atoms with Crippen LogP contribution in [0, 0.1) is 6.92 Å². The minimum atomic E-state index is -0.888. The molecule has 28 heavy (non-hydrogen) atoms. The van der Waals surface area contributed by atoms with Crippen molar-refractivity contribution >= 4 is 45.0 Å². The van der Waals surface area contributed by atoms with Crippen LogP contribution in [0.15, 0.2) is 46.9 Å².